The minimum absolute atomic E-state index is 0.00535. The molecule has 0 amide bonds. The average Bonchev–Trinajstić information content (AvgIpc) is 2.48. The van der Waals surface area contributed by atoms with Crippen LogP contribution in [0, 0.1) is 12.7 Å². The van der Waals surface area contributed by atoms with Crippen LogP contribution in [0.15, 0.2) is 40.9 Å². The molecule has 1 unspecified atom stereocenters. The highest BCUT2D eigenvalue weighted by atomic mass is 79.9. The molecular weight excluding hydrogens is 333 g/mol. The predicted molar refractivity (Wildman–Crippen MR) is 87.3 cm³/mol. The number of benzene rings is 2. The summed E-state index contributed by atoms with van der Waals surface area (Å²) in [4.78, 5) is 0. The molecule has 0 heterocycles. The monoisotopic (exact) mass is 351 g/mol. The van der Waals surface area contributed by atoms with E-state index in [0.29, 0.717) is 4.47 Å². The molecule has 0 radical (unpaired) electrons. The first-order valence-corrected chi connectivity index (χ1v) is 7.60. The fourth-order valence-electron chi connectivity index (χ4n) is 2.44. The van der Waals surface area contributed by atoms with Gasteiger partial charge in [-0.1, -0.05) is 29.8 Å². The highest BCUT2D eigenvalue weighted by Crippen LogP contribution is 2.31. The van der Waals surface area contributed by atoms with Crippen LogP contribution in [0.25, 0.3) is 0 Å². The van der Waals surface area contributed by atoms with Gasteiger partial charge in [-0.15, -0.1) is 0 Å². The van der Waals surface area contributed by atoms with E-state index < -0.39 is 0 Å². The summed E-state index contributed by atoms with van der Waals surface area (Å²) in [6.07, 6.45) is 0.726. The Bertz CT molecular complexity index is 630. The molecule has 1 N–H and O–H groups in total. The molecule has 21 heavy (non-hydrogen) atoms. The molecule has 2 nitrogen and oxygen atoms in total. The van der Waals surface area contributed by atoms with E-state index in [1.807, 2.05) is 25.2 Å². The molecule has 1 atom stereocenters. The van der Waals surface area contributed by atoms with Gasteiger partial charge < -0.3 is 10.1 Å². The SMILES string of the molecule is CNC(Cc1cc(C)ccc1OC)c1cccc(F)c1Br. The Morgan fingerprint density at radius 2 is 2.05 bits per heavy atom. The molecular formula is C17H19BrFNO. The second kappa shape index (κ2) is 7.05. The van der Waals surface area contributed by atoms with Crippen LogP contribution in [-0.2, 0) is 6.42 Å². The molecule has 112 valence electrons. The van der Waals surface area contributed by atoms with Crippen molar-refractivity contribution in [2.75, 3.05) is 14.2 Å². The summed E-state index contributed by atoms with van der Waals surface area (Å²) in [5, 5.41) is 3.25. The van der Waals surface area contributed by atoms with Gasteiger partial charge in [0.1, 0.15) is 11.6 Å². The number of hydrogen-bond acceptors (Lipinski definition) is 2. The molecule has 0 fully saturated rings. The Morgan fingerprint density at radius 1 is 1.29 bits per heavy atom. The second-order valence-electron chi connectivity index (χ2n) is 5.00. The van der Waals surface area contributed by atoms with Gasteiger partial charge >= 0.3 is 0 Å². The average molecular weight is 352 g/mol. The second-order valence-corrected chi connectivity index (χ2v) is 5.80. The number of aryl methyl sites for hydroxylation is 1. The van der Waals surface area contributed by atoms with Crippen LogP contribution in [0.2, 0.25) is 0 Å². The fourth-order valence-corrected chi connectivity index (χ4v) is 2.98. The fraction of sp³-hybridized carbons (Fsp3) is 0.294. The van der Waals surface area contributed by atoms with E-state index in [1.54, 1.807) is 13.2 Å². The van der Waals surface area contributed by atoms with Crippen molar-refractivity contribution in [3.05, 3.63) is 63.4 Å². The molecule has 0 aliphatic carbocycles. The van der Waals surface area contributed by atoms with Crippen LogP contribution >= 0.6 is 15.9 Å². The van der Waals surface area contributed by atoms with E-state index in [0.717, 1.165) is 23.3 Å². The zero-order valence-corrected chi connectivity index (χ0v) is 14.0. The number of likely N-dealkylation sites (N-methyl/N-ethyl adjacent to an activating group) is 1. The van der Waals surface area contributed by atoms with Crippen LogP contribution < -0.4 is 10.1 Å². The largest absolute Gasteiger partial charge is 0.496 e. The first-order valence-electron chi connectivity index (χ1n) is 6.81. The number of halogens is 2. The van der Waals surface area contributed by atoms with Crippen molar-refractivity contribution in [3.63, 3.8) is 0 Å². The van der Waals surface area contributed by atoms with Gasteiger partial charge in [-0.2, -0.15) is 0 Å². The van der Waals surface area contributed by atoms with E-state index in [2.05, 4.69) is 34.2 Å². The van der Waals surface area contributed by atoms with Crippen LogP contribution in [-0.4, -0.2) is 14.2 Å². The molecule has 0 spiro atoms. The molecule has 0 aromatic heterocycles. The lowest BCUT2D eigenvalue weighted by Crippen LogP contribution is -2.20. The Morgan fingerprint density at radius 3 is 2.71 bits per heavy atom. The summed E-state index contributed by atoms with van der Waals surface area (Å²) < 4.78 is 19.7. The smallest absolute Gasteiger partial charge is 0.137 e. The minimum Gasteiger partial charge on any atom is -0.496 e. The van der Waals surface area contributed by atoms with Crippen molar-refractivity contribution in [2.45, 2.75) is 19.4 Å². The van der Waals surface area contributed by atoms with Crippen molar-refractivity contribution in [1.29, 1.82) is 0 Å². The van der Waals surface area contributed by atoms with Crippen LogP contribution in [0.1, 0.15) is 22.7 Å². The molecule has 0 aliphatic rings. The number of nitrogens with one attached hydrogen (secondary N) is 1. The van der Waals surface area contributed by atoms with Gasteiger partial charge in [-0.05, 0) is 59.6 Å². The summed E-state index contributed by atoms with van der Waals surface area (Å²) in [6, 6.07) is 11.2. The zero-order valence-electron chi connectivity index (χ0n) is 12.4. The topological polar surface area (TPSA) is 21.3 Å². The maximum atomic E-state index is 13.7. The van der Waals surface area contributed by atoms with Crippen LogP contribution in [0.4, 0.5) is 4.39 Å². The summed E-state index contributed by atoms with van der Waals surface area (Å²) in [5.41, 5.74) is 3.19. The van der Waals surface area contributed by atoms with Crippen molar-refractivity contribution < 1.29 is 9.13 Å². The molecule has 2 rings (SSSR count). The lowest BCUT2D eigenvalue weighted by molar-refractivity contribution is 0.406. The van der Waals surface area contributed by atoms with Crippen molar-refractivity contribution in [3.8, 4) is 5.75 Å². The third kappa shape index (κ3) is 3.63. The summed E-state index contributed by atoms with van der Waals surface area (Å²) >= 11 is 3.34. The Kier molecular flexibility index (Phi) is 5.37. The maximum absolute atomic E-state index is 13.7. The van der Waals surface area contributed by atoms with Gasteiger partial charge in [-0.3, -0.25) is 0 Å². The van der Waals surface area contributed by atoms with Gasteiger partial charge in [-0.25, -0.2) is 4.39 Å². The zero-order chi connectivity index (χ0) is 15.4. The van der Waals surface area contributed by atoms with Crippen LogP contribution in [0.3, 0.4) is 0 Å². The molecule has 0 saturated carbocycles. The third-order valence-corrected chi connectivity index (χ3v) is 4.40. The van der Waals surface area contributed by atoms with E-state index in [-0.39, 0.29) is 11.9 Å². The van der Waals surface area contributed by atoms with Gasteiger partial charge in [0.2, 0.25) is 0 Å². The van der Waals surface area contributed by atoms with E-state index in [4.69, 9.17) is 4.74 Å². The lowest BCUT2D eigenvalue weighted by Gasteiger charge is -2.20. The number of ether oxygens (including phenoxy) is 1. The van der Waals surface area contributed by atoms with E-state index in [9.17, 15) is 4.39 Å². The maximum Gasteiger partial charge on any atom is 0.137 e. The van der Waals surface area contributed by atoms with Crippen molar-refractivity contribution >= 4 is 15.9 Å². The first-order chi connectivity index (χ1) is 10.1. The molecule has 0 bridgehead atoms. The Balaban J connectivity index is 2.35. The highest BCUT2D eigenvalue weighted by molar-refractivity contribution is 9.10. The number of methoxy groups -OCH3 is 1. The number of hydrogen-bond donors (Lipinski definition) is 1. The summed E-state index contributed by atoms with van der Waals surface area (Å²) in [6.45, 7) is 2.05. The first kappa shape index (κ1) is 16.0. The van der Waals surface area contributed by atoms with Gasteiger partial charge in [0.25, 0.3) is 0 Å². The molecule has 2 aromatic carbocycles. The quantitative estimate of drug-likeness (QED) is 0.861. The van der Waals surface area contributed by atoms with E-state index in [1.165, 1.54) is 11.6 Å². The molecule has 4 heteroatoms. The standard InChI is InChI=1S/C17H19BrFNO/c1-11-7-8-16(21-3)12(9-11)10-15(20-2)13-5-4-6-14(19)17(13)18/h4-9,15,20H,10H2,1-3H3. The summed E-state index contributed by atoms with van der Waals surface area (Å²) in [7, 11) is 3.55. The Labute approximate surface area is 133 Å². The highest BCUT2D eigenvalue weighted by Gasteiger charge is 2.17. The normalized spacial score (nSPS) is 12.2. The molecule has 0 aliphatic heterocycles. The van der Waals surface area contributed by atoms with Crippen molar-refractivity contribution in [2.24, 2.45) is 0 Å². The predicted octanol–water partition coefficient (Wildman–Crippen LogP) is 4.41. The van der Waals surface area contributed by atoms with Gasteiger partial charge in [0.15, 0.2) is 0 Å². The molecule has 2 aromatic rings. The van der Waals surface area contributed by atoms with Gasteiger partial charge in [0.05, 0.1) is 11.6 Å². The van der Waals surface area contributed by atoms with Crippen molar-refractivity contribution in [1.82, 2.24) is 5.32 Å². The minimum atomic E-state index is -0.246. The van der Waals surface area contributed by atoms with E-state index >= 15 is 0 Å². The van der Waals surface area contributed by atoms with Crippen LogP contribution in [0.5, 0.6) is 5.75 Å². The Hall–Kier alpha value is -1.39. The lowest BCUT2D eigenvalue weighted by atomic mass is 9.97. The third-order valence-electron chi connectivity index (χ3n) is 3.57. The van der Waals surface area contributed by atoms with Gasteiger partial charge in [0, 0.05) is 6.04 Å². The summed E-state index contributed by atoms with van der Waals surface area (Å²) in [5.74, 6) is 0.609. The number of rotatable bonds is 5. The molecule has 0 saturated heterocycles.